The van der Waals surface area contributed by atoms with Crippen LogP contribution in [0, 0.1) is 27.7 Å². The van der Waals surface area contributed by atoms with Gasteiger partial charge in [-0.2, -0.15) is 0 Å². The summed E-state index contributed by atoms with van der Waals surface area (Å²) in [7, 11) is 0. The Hall–Kier alpha value is -3.45. The minimum absolute atomic E-state index is 0.0301. The fourth-order valence-electron chi connectivity index (χ4n) is 3.32. The highest BCUT2D eigenvalue weighted by Crippen LogP contribution is 2.24. The molecule has 0 unspecified atom stereocenters. The number of nitrogens with zero attached hydrogens (tertiary/aromatic N) is 4. The van der Waals surface area contributed by atoms with Crippen LogP contribution < -0.4 is 0 Å². The number of hydrogen-bond acceptors (Lipinski definition) is 6. The maximum Gasteiger partial charge on any atom is 0.361 e. The minimum atomic E-state index is -0.566. The molecule has 0 aliphatic heterocycles. The van der Waals surface area contributed by atoms with Gasteiger partial charge in [-0.1, -0.05) is 22.9 Å². The van der Waals surface area contributed by atoms with Gasteiger partial charge in [-0.3, -0.25) is 0 Å². The molecule has 2 aromatic carbocycles. The molecule has 0 saturated heterocycles. The Morgan fingerprint density at radius 2 is 1.74 bits per heavy atom. The number of carbonyl (C=O) groups is 1. The molecule has 8 heteroatoms. The van der Waals surface area contributed by atoms with Gasteiger partial charge >= 0.3 is 5.97 Å². The summed E-state index contributed by atoms with van der Waals surface area (Å²) in [6.07, 6.45) is 0. The number of oxazole rings is 1. The molecule has 2 heterocycles. The van der Waals surface area contributed by atoms with Gasteiger partial charge in [0.15, 0.2) is 5.69 Å². The lowest BCUT2D eigenvalue weighted by atomic mass is 10.1. The van der Waals surface area contributed by atoms with Crippen molar-refractivity contribution >= 4 is 17.6 Å². The molecule has 0 aliphatic rings. The largest absolute Gasteiger partial charge is 0.454 e. The molecule has 0 N–H and O–H groups in total. The van der Waals surface area contributed by atoms with E-state index >= 15 is 0 Å². The van der Waals surface area contributed by atoms with Crippen LogP contribution in [0.3, 0.4) is 0 Å². The summed E-state index contributed by atoms with van der Waals surface area (Å²) in [5.41, 5.74) is 5.16. The molecule has 2 aromatic heterocycles. The maximum atomic E-state index is 12.6. The number of rotatable bonds is 5. The van der Waals surface area contributed by atoms with Crippen LogP contribution in [0.5, 0.6) is 0 Å². The third-order valence-corrected chi connectivity index (χ3v) is 5.11. The maximum absolute atomic E-state index is 12.6. The summed E-state index contributed by atoms with van der Waals surface area (Å²) in [6.45, 7) is 7.55. The van der Waals surface area contributed by atoms with Crippen molar-refractivity contribution in [3.63, 3.8) is 0 Å². The smallest absolute Gasteiger partial charge is 0.361 e. The van der Waals surface area contributed by atoms with Crippen LogP contribution in [-0.2, 0) is 11.3 Å². The Bertz CT molecular complexity index is 1240. The van der Waals surface area contributed by atoms with E-state index in [1.54, 1.807) is 30.7 Å². The van der Waals surface area contributed by atoms with Crippen molar-refractivity contribution in [3.8, 4) is 17.1 Å². The topological polar surface area (TPSA) is 83.0 Å². The Morgan fingerprint density at radius 1 is 1.06 bits per heavy atom. The molecule has 0 saturated carbocycles. The average Bonchev–Trinajstić information content (AvgIpc) is 3.28. The minimum Gasteiger partial charge on any atom is -0.454 e. The number of aromatic nitrogens is 4. The molecule has 7 nitrogen and oxygen atoms in total. The van der Waals surface area contributed by atoms with E-state index < -0.39 is 5.97 Å². The van der Waals surface area contributed by atoms with Crippen LogP contribution in [0.2, 0.25) is 5.02 Å². The second kappa shape index (κ2) is 8.35. The van der Waals surface area contributed by atoms with Gasteiger partial charge < -0.3 is 9.15 Å². The molecule has 31 heavy (non-hydrogen) atoms. The van der Waals surface area contributed by atoms with Gasteiger partial charge in [-0.15, -0.1) is 5.10 Å². The summed E-state index contributed by atoms with van der Waals surface area (Å²) in [5, 5.41) is 8.79. The predicted octanol–water partition coefficient (Wildman–Crippen LogP) is 5.17. The molecule has 0 bridgehead atoms. The molecule has 0 fully saturated rings. The molecule has 0 spiro atoms. The van der Waals surface area contributed by atoms with E-state index in [0.717, 1.165) is 22.4 Å². The van der Waals surface area contributed by atoms with Gasteiger partial charge in [-0.25, -0.2) is 14.5 Å². The van der Waals surface area contributed by atoms with E-state index in [0.29, 0.717) is 28.1 Å². The number of aryl methyl sites for hydroxylation is 3. The number of hydrogen-bond donors (Lipinski definition) is 0. The van der Waals surface area contributed by atoms with Crippen molar-refractivity contribution in [2.45, 2.75) is 34.3 Å². The number of halogens is 1. The quantitative estimate of drug-likeness (QED) is 0.401. The molecule has 4 aromatic rings. The predicted molar refractivity (Wildman–Crippen MR) is 116 cm³/mol. The summed E-state index contributed by atoms with van der Waals surface area (Å²) in [5.74, 6) is 0.453. The molecular weight excluding hydrogens is 416 g/mol. The van der Waals surface area contributed by atoms with Crippen LogP contribution in [0.4, 0.5) is 0 Å². The molecule has 0 amide bonds. The zero-order valence-corrected chi connectivity index (χ0v) is 18.4. The van der Waals surface area contributed by atoms with Crippen LogP contribution in [0.15, 0.2) is 46.9 Å². The van der Waals surface area contributed by atoms with Crippen LogP contribution in [0.25, 0.3) is 17.1 Å². The standard InChI is InChI=1S/C23H21ClN4O3/c1-13-9-14(2)11-19(10-13)28-15(3)21(26-27-28)23(29)30-12-20-16(4)31-22(25-20)17-5-7-18(24)8-6-17/h5-11H,12H2,1-4H3. The first kappa shape index (κ1) is 20.8. The van der Waals surface area contributed by atoms with E-state index in [2.05, 4.69) is 21.4 Å². The van der Waals surface area contributed by atoms with E-state index in [4.69, 9.17) is 20.8 Å². The third kappa shape index (κ3) is 4.36. The summed E-state index contributed by atoms with van der Waals surface area (Å²) < 4.78 is 12.8. The molecule has 0 aliphatic carbocycles. The monoisotopic (exact) mass is 436 g/mol. The fourth-order valence-corrected chi connectivity index (χ4v) is 3.44. The molecular formula is C23H21ClN4O3. The summed E-state index contributed by atoms with van der Waals surface area (Å²) in [4.78, 5) is 17.1. The van der Waals surface area contributed by atoms with Crippen LogP contribution in [0.1, 0.15) is 38.8 Å². The number of benzene rings is 2. The van der Waals surface area contributed by atoms with Crippen molar-refractivity contribution in [1.29, 1.82) is 0 Å². The number of esters is 1. The van der Waals surface area contributed by atoms with E-state index in [-0.39, 0.29) is 12.3 Å². The van der Waals surface area contributed by atoms with E-state index in [1.165, 1.54) is 0 Å². The first-order valence-electron chi connectivity index (χ1n) is 9.72. The van der Waals surface area contributed by atoms with Gasteiger partial charge in [-0.05, 0) is 75.2 Å². The highest BCUT2D eigenvalue weighted by molar-refractivity contribution is 6.30. The zero-order valence-electron chi connectivity index (χ0n) is 17.6. The van der Waals surface area contributed by atoms with E-state index in [1.807, 2.05) is 38.1 Å². The first-order valence-corrected chi connectivity index (χ1v) is 10.1. The van der Waals surface area contributed by atoms with Crippen LogP contribution in [-0.4, -0.2) is 25.9 Å². The molecule has 0 radical (unpaired) electrons. The van der Waals surface area contributed by atoms with Gasteiger partial charge in [0.25, 0.3) is 0 Å². The lowest BCUT2D eigenvalue weighted by Crippen LogP contribution is -2.09. The second-order valence-electron chi connectivity index (χ2n) is 7.39. The van der Waals surface area contributed by atoms with E-state index in [9.17, 15) is 4.79 Å². The summed E-state index contributed by atoms with van der Waals surface area (Å²) in [6, 6.07) is 13.2. The third-order valence-electron chi connectivity index (χ3n) is 4.86. The molecule has 4 rings (SSSR count). The van der Waals surface area contributed by atoms with Crippen molar-refractivity contribution in [3.05, 3.63) is 81.5 Å². The highest BCUT2D eigenvalue weighted by Gasteiger charge is 2.21. The van der Waals surface area contributed by atoms with Gasteiger partial charge in [0.05, 0.1) is 11.4 Å². The average molecular weight is 437 g/mol. The Balaban J connectivity index is 1.50. The normalized spacial score (nSPS) is 11.0. The summed E-state index contributed by atoms with van der Waals surface area (Å²) >= 11 is 5.93. The molecule has 0 atom stereocenters. The first-order chi connectivity index (χ1) is 14.8. The zero-order chi connectivity index (χ0) is 22.1. The van der Waals surface area contributed by atoms with Crippen molar-refractivity contribution in [1.82, 2.24) is 20.0 Å². The fraction of sp³-hybridized carbons (Fsp3) is 0.217. The van der Waals surface area contributed by atoms with Gasteiger partial charge in [0.2, 0.25) is 5.89 Å². The Kier molecular flexibility index (Phi) is 5.61. The van der Waals surface area contributed by atoms with Crippen LogP contribution >= 0.6 is 11.6 Å². The second-order valence-corrected chi connectivity index (χ2v) is 7.82. The Labute approximate surface area is 184 Å². The lowest BCUT2D eigenvalue weighted by Gasteiger charge is -2.06. The van der Waals surface area contributed by atoms with Crippen molar-refractivity contribution in [2.75, 3.05) is 0 Å². The van der Waals surface area contributed by atoms with Crippen molar-refractivity contribution < 1.29 is 13.9 Å². The van der Waals surface area contributed by atoms with Gasteiger partial charge in [0.1, 0.15) is 18.1 Å². The highest BCUT2D eigenvalue weighted by atomic mass is 35.5. The lowest BCUT2D eigenvalue weighted by molar-refractivity contribution is 0.0459. The SMILES string of the molecule is Cc1cc(C)cc(-n2nnc(C(=O)OCc3nc(-c4ccc(Cl)cc4)oc3C)c2C)c1. The number of carbonyl (C=O) groups excluding carboxylic acids is 1. The van der Waals surface area contributed by atoms with Crippen molar-refractivity contribution in [2.24, 2.45) is 0 Å². The molecule has 158 valence electrons. The number of ether oxygens (including phenoxy) is 1. The Morgan fingerprint density at radius 3 is 2.42 bits per heavy atom. The van der Waals surface area contributed by atoms with Gasteiger partial charge in [0, 0.05) is 10.6 Å².